The van der Waals surface area contributed by atoms with Gasteiger partial charge in [-0.15, -0.1) is 0 Å². The SMILES string of the molecule is CC(N)CCc1ccc(Oc2ccccc2)cc1. The topological polar surface area (TPSA) is 35.2 Å². The van der Waals surface area contributed by atoms with Crippen molar-refractivity contribution < 1.29 is 4.74 Å². The predicted molar refractivity (Wildman–Crippen MR) is 74.9 cm³/mol. The van der Waals surface area contributed by atoms with Gasteiger partial charge in [-0.05, 0) is 49.6 Å². The van der Waals surface area contributed by atoms with Crippen LogP contribution in [0.3, 0.4) is 0 Å². The molecule has 1 unspecified atom stereocenters. The molecule has 2 N–H and O–H groups in total. The molecule has 2 aromatic carbocycles. The summed E-state index contributed by atoms with van der Waals surface area (Å²) in [5.41, 5.74) is 7.05. The molecule has 0 fully saturated rings. The van der Waals surface area contributed by atoms with Crippen LogP contribution in [0.5, 0.6) is 11.5 Å². The zero-order chi connectivity index (χ0) is 12.8. The first-order valence-corrected chi connectivity index (χ1v) is 6.31. The highest BCUT2D eigenvalue weighted by Crippen LogP contribution is 2.21. The van der Waals surface area contributed by atoms with Crippen LogP contribution in [0.1, 0.15) is 18.9 Å². The molecule has 94 valence electrons. The summed E-state index contributed by atoms with van der Waals surface area (Å²) in [5, 5.41) is 0. The van der Waals surface area contributed by atoms with Gasteiger partial charge in [-0.2, -0.15) is 0 Å². The van der Waals surface area contributed by atoms with Crippen LogP contribution in [0.4, 0.5) is 0 Å². The molecule has 0 aliphatic carbocycles. The lowest BCUT2D eigenvalue weighted by atomic mass is 10.1. The molecule has 2 nitrogen and oxygen atoms in total. The van der Waals surface area contributed by atoms with E-state index in [9.17, 15) is 0 Å². The molecule has 0 aromatic heterocycles. The summed E-state index contributed by atoms with van der Waals surface area (Å²) in [6, 6.07) is 18.3. The van der Waals surface area contributed by atoms with Gasteiger partial charge in [0, 0.05) is 6.04 Å². The van der Waals surface area contributed by atoms with Gasteiger partial charge in [-0.3, -0.25) is 0 Å². The Labute approximate surface area is 108 Å². The van der Waals surface area contributed by atoms with Gasteiger partial charge in [0.15, 0.2) is 0 Å². The van der Waals surface area contributed by atoms with Gasteiger partial charge in [0.05, 0.1) is 0 Å². The summed E-state index contributed by atoms with van der Waals surface area (Å²) in [7, 11) is 0. The Morgan fingerprint density at radius 3 is 2.17 bits per heavy atom. The molecule has 2 heteroatoms. The van der Waals surface area contributed by atoms with Crippen molar-refractivity contribution >= 4 is 0 Å². The fourth-order valence-electron chi connectivity index (χ4n) is 1.74. The number of rotatable bonds is 5. The van der Waals surface area contributed by atoms with Crippen molar-refractivity contribution in [2.24, 2.45) is 5.73 Å². The number of aryl methyl sites for hydroxylation is 1. The van der Waals surface area contributed by atoms with E-state index in [4.69, 9.17) is 10.5 Å². The molecule has 0 aliphatic heterocycles. The minimum Gasteiger partial charge on any atom is -0.457 e. The Morgan fingerprint density at radius 1 is 0.944 bits per heavy atom. The minimum absolute atomic E-state index is 0.255. The van der Waals surface area contributed by atoms with Crippen LogP contribution in [0.25, 0.3) is 0 Å². The maximum atomic E-state index is 5.75. The van der Waals surface area contributed by atoms with E-state index in [-0.39, 0.29) is 6.04 Å². The van der Waals surface area contributed by atoms with Gasteiger partial charge >= 0.3 is 0 Å². The molecule has 0 radical (unpaired) electrons. The minimum atomic E-state index is 0.255. The second-order valence-corrected chi connectivity index (χ2v) is 4.58. The van der Waals surface area contributed by atoms with E-state index in [1.165, 1.54) is 5.56 Å². The highest BCUT2D eigenvalue weighted by Gasteiger charge is 1.99. The van der Waals surface area contributed by atoms with Crippen LogP contribution in [0.15, 0.2) is 54.6 Å². The van der Waals surface area contributed by atoms with Crippen LogP contribution < -0.4 is 10.5 Å². The maximum Gasteiger partial charge on any atom is 0.127 e. The molecule has 2 aromatic rings. The highest BCUT2D eigenvalue weighted by molar-refractivity contribution is 5.32. The summed E-state index contributed by atoms with van der Waals surface area (Å²) in [6.07, 6.45) is 2.03. The van der Waals surface area contributed by atoms with Crippen LogP contribution in [-0.4, -0.2) is 6.04 Å². The van der Waals surface area contributed by atoms with Gasteiger partial charge in [-0.25, -0.2) is 0 Å². The summed E-state index contributed by atoms with van der Waals surface area (Å²) in [5.74, 6) is 1.73. The molecule has 18 heavy (non-hydrogen) atoms. The third-order valence-electron chi connectivity index (χ3n) is 2.79. The lowest BCUT2D eigenvalue weighted by Crippen LogP contribution is -2.15. The molecule has 2 rings (SSSR count). The van der Waals surface area contributed by atoms with Crippen molar-refractivity contribution in [2.75, 3.05) is 0 Å². The normalized spacial score (nSPS) is 12.1. The summed E-state index contributed by atoms with van der Waals surface area (Å²) in [4.78, 5) is 0. The highest BCUT2D eigenvalue weighted by atomic mass is 16.5. The van der Waals surface area contributed by atoms with Crippen LogP contribution in [0, 0.1) is 0 Å². The molecule has 0 aliphatic rings. The maximum absolute atomic E-state index is 5.75. The molecular weight excluding hydrogens is 222 g/mol. The molecule has 0 amide bonds. The van der Waals surface area contributed by atoms with E-state index >= 15 is 0 Å². The van der Waals surface area contributed by atoms with Crippen molar-refractivity contribution in [3.8, 4) is 11.5 Å². The van der Waals surface area contributed by atoms with Crippen molar-refractivity contribution in [2.45, 2.75) is 25.8 Å². The van der Waals surface area contributed by atoms with Gasteiger partial charge in [0.25, 0.3) is 0 Å². The Morgan fingerprint density at radius 2 is 1.56 bits per heavy atom. The van der Waals surface area contributed by atoms with Crippen molar-refractivity contribution in [3.05, 3.63) is 60.2 Å². The first-order valence-electron chi connectivity index (χ1n) is 6.31. The molecule has 0 saturated carbocycles. The Hall–Kier alpha value is -1.80. The number of hydrogen-bond donors (Lipinski definition) is 1. The Kier molecular flexibility index (Phi) is 4.37. The molecule has 1 atom stereocenters. The van der Waals surface area contributed by atoms with E-state index in [2.05, 4.69) is 12.1 Å². The van der Waals surface area contributed by atoms with E-state index in [1.54, 1.807) is 0 Å². The smallest absolute Gasteiger partial charge is 0.127 e. The van der Waals surface area contributed by atoms with Crippen LogP contribution >= 0.6 is 0 Å². The predicted octanol–water partition coefficient (Wildman–Crippen LogP) is 3.76. The third kappa shape index (κ3) is 3.90. The van der Waals surface area contributed by atoms with Gasteiger partial charge < -0.3 is 10.5 Å². The number of hydrogen-bond acceptors (Lipinski definition) is 2. The zero-order valence-corrected chi connectivity index (χ0v) is 10.7. The van der Waals surface area contributed by atoms with E-state index in [0.29, 0.717) is 0 Å². The molecule has 0 heterocycles. The van der Waals surface area contributed by atoms with Gasteiger partial charge in [0.1, 0.15) is 11.5 Å². The Balaban J connectivity index is 1.95. The number of nitrogens with two attached hydrogens (primary N) is 1. The quantitative estimate of drug-likeness (QED) is 0.865. The van der Waals surface area contributed by atoms with Crippen molar-refractivity contribution in [1.29, 1.82) is 0 Å². The van der Waals surface area contributed by atoms with Crippen molar-refractivity contribution in [1.82, 2.24) is 0 Å². The molecule has 0 spiro atoms. The lowest BCUT2D eigenvalue weighted by Gasteiger charge is -2.07. The zero-order valence-electron chi connectivity index (χ0n) is 10.7. The van der Waals surface area contributed by atoms with E-state index < -0.39 is 0 Å². The summed E-state index contributed by atoms with van der Waals surface area (Å²) < 4.78 is 5.73. The molecule has 0 saturated heterocycles. The van der Waals surface area contributed by atoms with Crippen molar-refractivity contribution in [3.63, 3.8) is 0 Å². The number of ether oxygens (including phenoxy) is 1. The second kappa shape index (κ2) is 6.22. The largest absolute Gasteiger partial charge is 0.457 e. The number of para-hydroxylation sites is 1. The third-order valence-corrected chi connectivity index (χ3v) is 2.79. The number of benzene rings is 2. The average Bonchev–Trinajstić information content (AvgIpc) is 2.39. The molecular formula is C16H19NO. The standard InChI is InChI=1S/C16H19NO/c1-13(17)7-8-14-9-11-16(12-10-14)18-15-5-3-2-4-6-15/h2-6,9-13H,7-8,17H2,1H3. The lowest BCUT2D eigenvalue weighted by molar-refractivity contribution is 0.482. The van der Waals surface area contributed by atoms with E-state index in [0.717, 1.165) is 24.3 Å². The molecule has 0 bridgehead atoms. The second-order valence-electron chi connectivity index (χ2n) is 4.58. The summed E-state index contributed by atoms with van der Waals surface area (Å²) >= 11 is 0. The first kappa shape index (κ1) is 12.7. The van der Waals surface area contributed by atoms with Crippen LogP contribution in [-0.2, 0) is 6.42 Å². The average molecular weight is 241 g/mol. The fraction of sp³-hybridized carbons (Fsp3) is 0.250. The first-order chi connectivity index (χ1) is 8.74. The fourth-order valence-corrected chi connectivity index (χ4v) is 1.74. The van der Waals surface area contributed by atoms with Gasteiger partial charge in [0.2, 0.25) is 0 Å². The van der Waals surface area contributed by atoms with Crippen LogP contribution in [0.2, 0.25) is 0 Å². The van der Waals surface area contributed by atoms with E-state index in [1.807, 2.05) is 49.4 Å². The van der Waals surface area contributed by atoms with Gasteiger partial charge in [-0.1, -0.05) is 30.3 Å². The summed E-state index contributed by atoms with van der Waals surface area (Å²) in [6.45, 7) is 2.03. The Bertz CT molecular complexity index is 462. The monoisotopic (exact) mass is 241 g/mol.